The molecule has 0 amide bonds. The summed E-state index contributed by atoms with van der Waals surface area (Å²) in [4.78, 5) is 8.62. The Labute approximate surface area is 101 Å². The van der Waals surface area contributed by atoms with Crippen molar-refractivity contribution in [3.63, 3.8) is 0 Å². The van der Waals surface area contributed by atoms with E-state index in [1.54, 1.807) is 12.4 Å². The Morgan fingerprint density at radius 1 is 1.12 bits per heavy atom. The first-order valence-corrected chi connectivity index (χ1v) is 5.49. The first-order chi connectivity index (χ1) is 8.18. The molecule has 2 rings (SSSR count). The van der Waals surface area contributed by atoms with Gasteiger partial charge in [-0.15, -0.1) is 0 Å². The van der Waals surface area contributed by atoms with Gasteiger partial charge in [0, 0.05) is 11.9 Å². The van der Waals surface area contributed by atoms with Gasteiger partial charge in [0.25, 0.3) is 0 Å². The molecule has 0 saturated carbocycles. The number of nitrogens with two attached hydrogens (primary N) is 1. The van der Waals surface area contributed by atoms with Crippen molar-refractivity contribution in [2.75, 3.05) is 5.73 Å². The summed E-state index contributed by atoms with van der Waals surface area (Å²) in [5.41, 5.74) is 10.6. The number of pyridine rings is 1. The lowest BCUT2D eigenvalue weighted by Crippen LogP contribution is -1.92. The van der Waals surface area contributed by atoms with Crippen LogP contribution in [0.1, 0.15) is 16.8 Å². The van der Waals surface area contributed by atoms with E-state index in [0.29, 0.717) is 0 Å². The fourth-order valence-corrected chi connectivity index (χ4v) is 1.56. The average Bonchev–Trinajstić information content (AvgIpc) is 2.36. The highest BCUT2D eigenvalue weighted by atomic mass is 14.8. The van der Waals surface area contributed by atoms with Crippen molar-refractivity contribution in [2.45, 2.75) is 13.8 Å². The normalized spacial score (nSPS) is 10.9. The quantitative estimate of drug-likeness (QED) is 0.631. The second kappa shape index (κ2) is 4.78. The number of nitrogens with zero attached hydrogens (tertiary/aromatic N) is 2. The van der Waals surface area contributed by atoms with Gasteiger partial charge in [0.15, 0.2) is 0 Å². The summed E-state index contributed by atoms with van der Waals surface area (Å²) in [6.45, 7) is 4.03. The van der Waals surface area contributed by atoms with Crippen LogP contribution >= 0.6 is 0 Å². The van der Waals surface area contributed by atoms with Gasteiger partial charge in [0.2, 0.25) is 0 Å². The maximum Gasteiger partial charge on any atom is 0.0812 e. The van der Waals surface area contributed by atoms with Crippen LogP contribution in [0.25, 0.3) is 0 Å². The Bertz CT molecular complexity index is 545. The van der Waals surface area contributed by atoms with E-state index in [4.69, 9.17) is 5.73 Å². The van der Waals surface area contributed by atoms with Gasteiger partial charge in [0.05, 0.1) is 17.6 Å². The first kappa shape index (κ1) is 11.3. The third-order valence-electron chi connectivity index (χ3n) is 2.82. The number of aliphatic imine (C=N–C) groups is 1. The van der Waals surface area contributed by atoms with Gasteiger partial charge in [-0.2, -0.15) is 0 Å². The highest BCUT2D eigenvalue weighted by Gasteiger charge is 2.02. The van der Waals surface area contributed by atoms with Crippen LogP contribution in [0, 0.1) is 13.8 Å². The summed E-state index contributed by atoms with van der Waals surface area (Å²) < 4.78 is 0. The molecule has 0 atom stereocenters. The summed E-state index contributed by atoms with van der Waals surface area (Å²) in [5, 5.41) is 0. The fraction of sp³-hybridized carbons (Fsp3) is 0.143. The molecule has 2 aromatic rings. The molecule has 1 aromatic heterocycles. The fourth-order valence-electron chi connectivity index (χ4n) is 1.56. The lowest BCUT2D eigenvalue weighted by atomic mass is 10.1. The first-order valence-electron chi connectivity index (χ1n) is 5.49. The van der Waals surface area contributed by atoms with Gasteiger partial charge in [-0.1, -0.05) is 6.07 Å². The SMILES string of the molecule is Cc1c(N)ccc(N=Cc2ccccn2)c1C. The van der Waals surface area contributed by atoms with Crippen LogP contribution < -0.4 is 5.73 Å². The molecule has 3 heteroatoms. The molecule has 86 valence electrons. The molecular formula is C14H15N3. The zero-order chi connectivity index (χ0) is 12.3. The van der Waals surface area contributed by atoms with Crippen LogP contribution in [-0.4, -0.2) is 11.2 Å². The van der Waals surface area contributed by atoms with E-state index in [0.717, 1.165) is 28.2 Å². The number of benzene rings is 1. The molecule has 0 bridgehead atoms. The minimum Gasteiger partial charge on any atom is -0.399 e. The highest BCUT2D eigenvalue weighted by molar-refractivity contribution is 5.80. The third kappa shape index (κ3) is 2.50. The molecule has 0 fully saturated rings. The number of nitrogen functional groups attached to an aromatic ring is 1. The van der Waals surface area contributed by atoms with E-state index in [-0.39, 0.29) is 0 Å². The number of hydrogen-bond acceptors (Lipinski definition) is 3. The van der Waals surface area contributed by atoms with Crippen LogP contribution in [0.3, 0.4) is 0 Å². The molecule has 0 radical (unpaired) electrons. The van der Waals surface area contributed by atoms with Crippen LogP contribution in [0.4, 0.5) is 11.4 Å². The van der Waals surface area contributed by atoms with Crippen molar-refractivity contribution >= 4 is 17.6 Å². The molecule has 0 unspecified atom stereocenters. The van der Waals surface area contributed by atoms with Crippen molar-refractivity contribution in [1.29, 1.82) is 0 Å². The second-order valence-corrected chi connectivity index (χ2v) is 3.94. The highest BCUT2D eigenvalue weighted by Crippen LogP contribution is 2.25. The molecule has 0 aliphatic rings. The van der Waals surface area contributed by atoms with Crippen LogP contribution in [-0.2, 0) is 0 Å². The monoisotopic (exact) mass is 225 g/mol. The Balaban J connectivity index is 2.31. The van der Waals surface area contributed by atoms with E-state index in [9.17, 15) is 0 Å². The van der Waals surface area contributed by atoms with Gasteiger partial charge in [-0.05, 0) is 49.2 Å². The van der Waals surface area contributed by atoms with Gasteiger partial charge in [-0.3, -0.25) is 9.98 Å². The van der Waals surface area contributed by atoms with Crippen molar-refractivity contribution in [3.05, 3.63) is 53.3 Å². The number of hydrogen-bond donors (Lipinski definition) is 1. The Morgan fingerprint density at radius 3 is 2.65 bits per heavy atom. The van der Waals surface area contributed by atoms with Gasteiger partial charge in [0.1, 0.15) is 0 Å². The van der Waals surface area contributed by atoms with Crippen LogP contribution in [0.15, 0.2) is 41.5 Å². The molecule has 3 nitrogen and oxygen atoms in total. The van der Waals surface area contributed by atoms with Gasteiger partial charge < -0.3 is 5.73 Å². The molecule has 17 heavy (non-hydrogen) atoms. The zero-order valence-electron chi connectivity index (χ0n) is 10.0. The molecule has 2 N–H and O–H groups in total. The average molecular weight is 225 g/mol. The third-order valence-corrected chi connectivity index (χ3v) is 2.82. The minimum absolute atomic E-state index is 0.805. The summed E-state index contributed by atoms with van der Waals surface area (Å²) in [6.07, 6.45) is 3.51. The second-order valence-electron chi connectivity index (χ2n) is 3.94. The summed E-state index contributed by atoms with van der Waals surface area (Å²) >= 11 is 0. The summed E-state index contributed by atoms with van der Waals surface area (Å²) in [7, 11) is 0. The summed E-state index contributed by atoms with van der Waals surface area (Å²) in [5.74, 6) is 0. The van der Waals surface area contributed by atoms with Crippen molar-refractivity contribution in [2.24, 2.45) is 4.99 Å². The predicted molar refractivity (Wildman–Crippen MR) is 71.8 cm³/mol. The Morgan fingerprint density at radius 2 is 1.94 bits per heavy atom. The van der Waals surface area contributed by atoms with Crippen molar-refractivity contribution < 1.29 is 0 Å². The topological polar surface area (TPSA) is 51.3 Å². The molecule has 0 saturated heterocycles. The van der Waals surface area contributed by atoms with Gasteiger partial charge >= 0.3 is 0 Å². The Hall–Kier alpha value is -2.16. The molecule has 0 aliphatic carbocycles. The molecular weight excluding hydrogens is 210 g/mol. The maximum atomic E-state index is 5.83. The molecule has 0 spiro atoms. The number of aromatic nitrogens is 1. The standard InChI is InChI=1S/C14H15N3/c1-10-11(2)14(7-6-13(10)15)17-9-12-5-3-4-8-16-12/h3-9H,15H2,1-2H3. The molecule has 1 heterocycles. The zero-order valence-corrected chi connectivity index (χ0v) is 10.0. The Kier molecular flexibility index (Phi) is 3.19. The van der Waals surface area contributed by atoms with E-state index >= 15 is 0 Å². The maximum absolute atomic E-state index is 5.83. The van der Waals surface area contributed by atoms with Crippen LogP contribution in [0.5, 0.6) is 0 Å². The van der Waals surface area contributed by atoms with Crippen LogP contribution in [0.2, 0.25) is 0 Å². The van der Waals surface area contributed by atoms with E-state index in [2.05, 4.69) is 9.98 Å². The lowest BCUT2D eigenvalue weighted by molar-refractivity contribution is 1.29. The number of rotatable bonds is 2. The van der Waals surface area contributed by atoms with E-state index in [1.165, 1.54) is 0 Å². The lowest BCUT2D eigenvalue weighted by Gasteiger charge is -2.06. The van der Waals surface area contributed by atoms with E-state index < -0.39 is 0 Å². The smallest absolute Gasteiger partial charge is 0.0812 e. The van der Waals surface area contributed by atoms with E-state index in [1.807, 2.05) is 44.2 Å². The van der Waals surface area contributed by atoms with Gasteiger partial charge in [-0.25, -0.2) is 0 Å². The number of anilines is 1. The van der Waals surface area contributed by atoms with Crippen molar-refractivity contribution in [3.8, 4) is 0 Å². The summed E-state index contributed by atoms with van der Waals surface area (Å²) in [6, 6.07) is 9.55. The minimum atomic E-state index is 0.805. The van der Waals surface area contributed by atoms with Crippen molar-refractivity contribution in [1.82, 2.24) is 4.98 Å². The molecule has 1 aromatic carbocycles. The largest absolute Gasteiger partial charge is 0.399 e. The molecule has 0 aliphatic heterocycles. The predicted octanol–water partition coefficient (Wildman–Crippen LogP) is 3.03.